The zero-order chi connectivity index (χ0) is 8.41. The lowest BCUT2D eigenvalue weighted by Crippen LogP contribution is -1.53. The van der Waals surface area contributed by atoms with Crippen molar-refractivity contribution < 1.29 is 0 Å². The second-order valence-electron chi connectivity index (χ2n) is 0.928. The number of rotatable bonds is 0. The first-order chi connectivity index (χ1) is 4.72. The molecule has 0 bridgehead atoms. The van der Waals surface area contributed by atoms with Crippen molar-refractivity contribution in [2.45, 2.75) is 0 Å². The lowest BCUT2D eigenvalue weighted by Gasteiger charge is -1.61. The van der Waals surface area contributed by atoms with Crippen molar-refractivity contribution >= 4 is 6.72 Å². The molecule has 0 aromatic rings. The molecule has 0 saturated heterocycles. The van der Waals surface area contributed by atoms with Crippen LogP contribution in [0.5, 0.6) is 0 Å². The van der Waals surface area contributed by atoms with E-state index >= 15 is 0 Å². The molecule has 0 radical (unpaired) electrons. The Kier molecular flexibility index (Phi) is 10.8. The summed E-state index contributed by atoms with van der Waals surface area (Å²) in [6, 6.07) is 1.57. The van der Waals surface area contributed by atoms with Gasteiger partial charge in [0.25, 0.3) is 5.70 Å². The van der Waals surface area contributed by atoms with Crippen LogP contribution in [0.2, 0.25) is 0 Å². The lowest BCUT2D eigenvalue weighted by molar-refractivity contribution is 1.46. The van der Waals surface area contributed by atoms with Gasteiger partial charge in [-0.1, -0.05) is 6.58 Å². The van der Waals surface area contributed by atoms with E-state index in [0.717, 1.165) is 0 Å². The summed E-state index contributed by atoms with van der Waals surface area (Å²) in [5.74, 6) is 0. The minimum atomic E-state index is -0.0602. The van der Waals surface area contributed by atoms with E-state index in [4.69, 9.17) is 17.1 Å². The Bertz CT molecular complexity index is 216. The maximum absolute atomic E-state index is 7.77. The van der Waals surface area contributed by atoms with Gasteiger partial charge in [-0.25, -0.2) is 10.1 Å². The standard InChI is InChI=1S/C4H2N2.C2H2N2/c1-4(3-5)6-2;1-4-2-3/h1H2;1H2. The molecule has 0 spiro atoms. The van der Waals surface area contributed by atoms with Crippen molar-refractivity contribution in [3.8, 4) is 12.3 Å². The van der Waals surface area contributed by atoms with Crippen molar-refractivity contribution in [2.75, 3.05) is 0 Å². The second-order valence-corrected chi connectivity index (χ2v) is 0.928. The van der Waals surface area contributed by atoms with E-state index in [1.165, 1.54) is 6.19 Å². The molecule has 0 aliphatic carbocycles. The largest absolute Gasteiger partial charge is 0.254 e. The van der Waals surface area contributed by atoms with Gasteiger partial charge in [-0.3, -0.25) is 0 Å². The highest BCUT2D eigenvalue weighted by molar-refractivity contribution is 5.25. The normalized spacial score (nSPS) is 4.50. The van der Waals surface area contributed by atoms with Gasteiger partial charge in [0.05, 0.1) is 12.6 Å². The first-order valence-electron chi connectivity index (χ1n) is 2.04. The van der Waals surface area contributed by atoms with Crippen LogP contribution in [0.4, 0.5) is 0 Å². The summed E-state index contributed by atoms with van der Waals surface area (Å²) >= 11 is 0. The Morgan fingerprint density at radius 2 is 2.00 bits per heavy atom. The van der Waals surface area contributed by atoms with Crippen LogP contribution >= 0.6 is 0 Å². The summed E-state index contributed by atoms with van der Waals surface area (Å²) in [6.45, 7) is 12.1. The lowest BCUT2D eigenvalue weighted by atomic mass is 10.6. The Balaban J connectivity index is 0. The molecule has 48 valence electrons. The summed E-state index contributed by atoms with van der Waals surface area (Å²) < 4.78 is 0. The third kappa shape index (κ3) is 16.9. The monoisotopic (exact) mass is 132 g/mol. The molecule has 0 amide bonds. The molecule has 0 rings (SSSR count). The quantitative estimate of drug-likeness (QED) is 0.214. The van der Waals surface area contributed by atoms with Crippen LogP contribution in [0.1, 0.15) is 0 Å². The summed E-state index contributed by atoms with van der Waals surface area (Å²) in [7, 11) is 0. The highest BCUT2D eigenvalue weighted by atomic mass is 14.7. The highest BCUT2D eigenvalue weighted by Crippen LogP contribution is 1.82. The summed E-state index contributed by atoms with van der Waals surface area (Å²) in [5.41, 5.74) is -0.0602. The zero-order valence-electron chi connectivity index (χ0n) is 5.20. The topological polar surface area (TPSA) is 64.3 Å². The third-order valence-corrected chi connectivity index (χ3v) is 0.335. The van der Waals surface area contributed by atoms with Crippen LogP contribution in [0.15, 0.2) is 17.3 Å². The van der Waals surface area contributed by atoms with Gasteiger partial charge in [0.1, 0.15) is 0 Å². The summed E-state index contributed by atoms with van der Waals surface area (Å²) in [6.07, 6.45) is 1.44. The van der Waals surface area contributed by atoms with E-state index in [0.29, 0.717) is 0 Å². The predicted octanol–water partition coefficient (Wildman–Crippen LogP) is 1.11. The number of aliphatic imine (C=N–C) groups is 1. The fourth-order valence-electron chi connectivity index (χ4n) is 0.0250. The number of nitrogens with zero attached hydrogens (tertiary/aromatic N) is 4. The number of hydrogen-bond donors (Lipinski definition) is 0. The molecule has 4 heteroatoms. The third-order valence-electron chi connectivity index (χ3n) is 0.335. The maximum atomic E-state index is 7.77. The van der Waals surface area contributed by atoms with Gasteiger partial charge in [-0.2, -0.15) is 10.3 Å². The summed E-state index contributed by atoms with van der Waals surface area (Å²) in [5, 5.41) is 15.2. The van der Waals surface area contributed by atoms with Crippen LogP contribution < -0.4 is 0 Å². The van der Waals surface area contributed by atoms with Crippen LogP contribution in [0, 0.1) is 29.4 Å². The van der Waals surface area contributed by atoms with Gasteiger partial charge < -0.3 is 0 Å². The smallest absolute Gasteiger partial charge is 0.227 e. The van der Waals surface area contributed by atoms with Crippen molar-refractivity contribution in [3.63, 3.8) is 0 Å². The molecule has 0 aliphatic rings. The first kappa shape index (κ1) is 10.8. The fourth-order valence-corrected chi connectivity index (χ4v) is 0.0250. The molecule has 0 aromatic carbocycles. The molecule has 0 atom stereocenters. The minimum Gasteiger partial charge on any atom is -0.227 e. The Morgan fingerprint density at radius 1 is 1.60 bits per heavy atom. The predicted molar refractivity (Wildman–Crippen MR) is 36.5 cm³/mol. The van der Waals surface area contributed by atoms with Crippen molar-refractivity contribution in [3.05, 3.63) is 23.7 Å². The van der Waals surface area contributed by atoms with E-state index in [1.807, 2.05) is 0 Å². The Labute approximate surface area is 59.2 Å². The SMILES string of the molecule is C=NC#N.[C-]#[N+]C(=C)C#N. The van der Waals surface area contributed by atoms with Crippen LogP contribution in [0.25, 0.3) is 4.85 Å². The van der Waals surface area contributed by atoms with Crippen LogP contribution in [-0.4, -0.2) is 6.72 Å². The Hall–Kier alpha value is -2.12. The van der Waals surface area contributed by atoms with Crippen molar-refractivity contribution in [1.82, 2.24) is 0 Å². The second kappa shape index (κ2) is 9.99. The molecule has 0 unspecified atom stereocenters. The number of allylic oxidation sites excluding steroid dienone is 1. The van der Waals surface area contributed by atoms with Gasteiger partial charge in [-0.05, 0) is 0 Å². The van der Waals surface area contributed by atoms with Gasteiger partial charge in [0, 0.05) is 6.72 Å². The molecule has 0 heterocycles. The van der Waals surface area contributed by atoms with Gasteiger partial charge in [0.15, 0.2) is 0 Å². The molecule has 0 aliphatic heterocycles. The van der Waals surface area contributed by atoms with Crippen LogP contribution in [-0.2, 0) is 0 Å². The van der Waals surface area contributed by atoms with E-state index in [1.54, 1.807) is 6.07 Å². The first-order valence-corrected chi connectivity index (χ1v) is 2.04. The summed E-state index contributed by atoms with van der Waals surface area (Å²) in [4.78, 5) is 5.49. The average Bonchev–Trinajstić information content (AvgIpc) is 2.03. The van der Waals surface area contributed by atoms with E-state index < -0.39 is 0 Å². The van der Waals surface area contributed by atoms with E-state index in [9.17, 15) is 0 Å². The fraction of sp³-hybridized carbons (Fsp3) is 0. The molecule has 4 nitrogen and oxygen atoms in total. The van der Waals surface area contributed by atoms with Crippen LogP contribution in [0.3, 0.4) is 0 Å². The zero-order valence-corrected chi connectivity index (χ0v) is 5.20. The molecule has 10 heavy (non-hydrogen) atoms. The van der Waals surface area contributed by atoms with E-state index in [-0.39, 0.29) is 5.70 Å². The maximum Gasteiger partial charge on any atom is 0.254 e. The molecule has 0 fully saturated rings. The van der Waals surface area contributed by atoms with Gasteiger partial charge in [-0.15, -0.1) is 0 Å². The Morgan fingerprint density at radius 3 is 2.00 bits per heavy atom. The molecule has 0 saturated carbocycles. The average molecular weight is 132 g/mol. The highest BCUT2D eigenvalue weighted by Gasteiger charge is 1.76. The molecule has 0 N–H and O–H groups in total. The molecule has 0 aromatic heterocycles. The van der Waals surface area contributed by atoms with E-state index in [2.05, 4.69) is 23.1 Å². The molecular formula is C6H4N4. The van der Waals surface area contributed by atoms with Crippen molar-refractivity contribution in [1.29, 1.82) is 10.5 Å². The number of hydrogen-bond acceptors (Lipinski definition) is 3. The van der Waals surface area contributed by atoms with Crippen molar-refractivity contribution in [2.24, 2.45) is 4.99 Å². The molecular weight excluding hydrogens is 128 g/mol. The van der Waals surface area contributed by atoms with Gasteiger partial charge >= 0.3 is 0 Å². The minimum absolute atomic E-state index is 0.0602. The number of nitriles is 2. The van der Waals surface area contributed by atoms with Gasteiger partial charge in [0.2, 0.25) is 6.19 Å².